The summed E-state index contributed by atoms with van der Waals surface area (Å²) in [5.74, 6) is 0. The number of benzene rings is 1. The largest absolute Gasteiger partial charge is 0.444 e. The van der Waals surface area contributed by atoms with Crippen LogP contribution in [0.3, 0.4) is 0 Å². The number of hydrogen-bond acceptors (Lipinski definition) is 3. The molecule has 0 aromatic heterocycles. The highest BCUT2D eigenvalue weighted by atomic mass is 16.6. The van der Waals surface area contributed by atoms with Gasteiger partial charge in [0.1, 0.15) is 5.60 Å². The number of alkyl carbamates (subject to hydrolysis) is 1. The van der Waals surface area contributed by atoms with Gasteiger partial charge in [0.05, 0.1) is 0 Å². The molecule has 110 valence electrons. The lowest BCUT2D eigenvalue weighted by Gasteiger charge is -2.21. The van der Waals surface area contributed by atoms with Gasteiger partial charge in [0.2, 0.25) is 0 Å². The molecule has 1 amide bonds. The molecule has 1 fully saturated rings. The van der Waals surface area contributed by atoms with Crippen LogP contribution in [-0.4, -0.2) is 24.8 Å². The van der Waals surface area contributed by atoms with Crippen LogP contribution in [0.25, 0.3) is 0 Å². The summed E-state index contributed by atoms with van der Waals surface area (Å²) < 4.78 is 5.19. The van der Waals surface area contributed by atoms with E-state index in [-0.39, 0.29) is 11.6 Å². The standard InChI is InChI=1S/C16H24N2O2/c1-15(2,3)20-14(19)17-11-12-18-16(9-10-16)13-7-5-4-6-8-13/h4-8,18H,9-12H2,1-3H3,(H,17,19). The normalized spacial score (nSPS) is 16.6. The maximum atomic E-state index is 11.5. The highest BCUT2D eigenvalue weighted by Gasteiger charge is 2.43. The van der Waals surface area contributed by atoms with Gasteiger partial charge in [-0.15, -0.1) is 0 Å². The maximum absolute atomic E-state index is 11.5. The molecule has 0 bridgehead atoms. The lowest BCUT2D eigenvalue weighted by atomic mass is 10.1. The highest BCUT2D eigenvalue weighted by molar-refractivity contribution is 5.67. The summed E-state index contributed by atoms with van der Waals surface area (Å²) in [5.41, 5.74) is 1.01. The zero-order valence-electron chi connectivity index (χ0n) is 12.5. The van der Waals surface area contributed by atoms with E-state index in [2.05, 4.69) is 34.9 Å². The minimum absolute atomic E-state index is 0.122. The van der Waals surface area contributed by atoms with Crippen molar-refractivity contribution in [3.63, 3.8) is 0 Å². The first-order valence-corrected chi connectivity index (χ1v) is 7.19. The van der Waals surface area contributed by atoms with E-state index in [1.807, 2.05) is 26.8 Å². The van der Waals surface area contributed by atoms with Crippen LogP contribution in [0.4, 0.5) is 4.79 Å². The minimum atomic E-state index is -0.445. The van der Waals surface area contributed by atoms with Crippen LogP contribution >= 0.6 is 0 Å². The molecule has 0 unspecified atom stereocenters. The Hall–Kier alpha value is -1.55. The van der Waals surface area contributed by atoms with Crippen LogP contribution in [0.5, 0.6) is 0 Å². The second-order valence-electron chi connectivity index (χ2n) is 6.30. The summed E-state index contributed by atoms with van der Waals surface area (Å²) in [4.78, 5) is 11.5. The summed E-state index contributed by atoms with van der Waals surface area (Å²) >= 11 is 0. The van der Waals surface area contributed by atoms with Gasteiger partial charge in [-0.3, -0.25) is 0 Å². The van der Waals surface area contributed by atoms with E-state index in [0.717, 1.165) is 19.4 Å². The number of carbonyl (C=O) groups is 1. The fourth-order valence-corrected chi connectivity index (χ4v) is 2.23. The van der Waals surface area contributed by atoms with E-state index >= 15 is 0 Å². The molecule has 0 saturated heterocycles. The lowest BCUT2D eigenvalue weighted by molar-refractivity contribution is 0.0527. The van der Waals surface area contributed by atoms with Gasteiger partial charge in [-0.1, -0.05) is 30.3 Å². The third-order valence-corrected chi connectivity index (χ3v) is 3.33. The van der Waals surface area contributed by atoms with Crippen molar-refractivity contribution in [2.24, 2.45) is 0 Å². The van der Waals surface area contributed by atoms with Crippen molar-refractivity contribution in [2.45, 2.75) is 44.8 Å². The molecule has 0 aliphatic heterocycles. The predicted molar refractivity (Wildman–Crippen MR) is 79.6 cm³/mol. The van der Waals surface area contributed by atoms with Crippen LogP contribution < -0.4 is 10.6 Å². The second kappa shape index (κ2) is 5.83. The third kappa shape index (κ3) is 4.23. The number of ether oxygens (including phenoxy) is 1. The van der Waals surface area contributed by atoms with Gasteiger partial charge in [-0.05, 0) is 39.2 Å². The molecule has 20 heavy (non-hydrogen) atoms. The predicted octanol–water partition coefficient (Wildman–Crippen LogP) is 2.79. The first-order valence-electron chi connectivity index (χ1n) is 7.19. The Morgan fingerprint density at radius 3 is 2.40 bits per heavy atom. The lowest BCUT2D eigenvalue weighted by Crippen LogP contribution is -2.39. The van der Waals surface area contributed by atoms with Gasteiger partial charge in [-0.2, -0.15) is 0 Å². The van der Waals surface area contributed by atoms with Crippen LogP contribution in [-0.2, 0) is 10.3 Å². The molecule has 0 heterocycles. The van der Waals surface area contributed by atoms with Crippen LogP contribution in [0, 0.1) is 0 Å². The molecule has 0 atom stereocenters. The first kappa shape index (κ1) is 14.9. The molecule has 1 aliphatic carbocycles. The Kier molecular flexibility index (Phi) is 4.33. The smallest absolute Gasteiger partial charge is 0.407 e. The number of amides is 1. The molecule has 1 aromatic rings. The van der Waals surface area contributed by atoms with Crippen molar-refractivity contribution in [3.8, 4) is 0 Å². The average molecular weight is 276 g/mol. The molecular weight excluding hydrogens is 252 g/mol. The third-order valence-electron chi connectivity index (χ3n) is 3.33. The van der Waals surface area contributed by atoms with Gasteiger partial charge < -0.3 is 15.4 Å². The first-order chi connectivity index (χ1) is 9.41. The summed E-state index contributed by atoms with van der Waals surface area (Å²) in [6.45, 7) is 6.90. The molecule has 1 saturated carbocycles. The Morgan fingerprint density at radius 2 is 1.85 bits per heavy atom. The van der Waals surface area contributed by atoms with Crippen molar-refractivity contribution in [2.75, 3.05) is 13.1 Å². The molecule has 2 N–H and O–H groups in total. The highest BCUT2D eigenvalue weighted by Crippen LogP contribution is 2.45. The molecule has 4 heteroatoms. The maximum Gasteiger partial charge on any atom is 0.407 e. The quantitative estimate of drug-likeness (QED) is 0.813. The van der Waals surface area contributed by atoms with E-state index in [9.17, 15) is 4.79 Å². The van der Waals surface area contributed by atoms with Crippen molar-refractivity contribution < 1.29 is 9.53 Å². The fraction of sp³-hybridized carbons (Fsp3) is 0.562. The van der Waals surface area contributed by atoms with E-state index < -0.39 is 5.60 Å². The van der Waals surface area contributed by atoms with Gasteiger partial charge in [-0.25, -0.2) is 4.79 Å². The summed E-state index contributed by atoms with van der Waals surface area (Å²) in [6, 6.07) is 10.5. The Labute approximate surface area is 120 Å². The zero-order chi connectivity index (χ0) is 14.6. The molecule has 4 nitrogen and oxygen atoms in total. The van der Waals surface area contributed by atoms with Crippen molar-refractivity contribution in [1.82, 2.24) is 10.6 Å². The van der Waals surface area contributed by atoms with Crippen LogP contribution in [0.1, 0.15) is 39.2 Å². The monoisotopic (exact) mass is 276 g/mol. The summed E-state index contributed by atoms with van der Waals surface area (Å²) in [6.07, 6.45) is 1.95. The number of rotatable bonds is 5. The van der Waals surface area contributed by atoms with Gasteiger partial charge >= 0.3 is 6.09 Å². The SMILES string of the molecule is CC(C)(C)OC(=O)NCCNC1(c2ccccc2)CC1. The van der Waals surface area contributed by atoms with Crippen LogP contribution in [0.2, 0.25) is 0 Å². The van der Waals surface area contributed by atoms with Crippen LogP contribution in [0.15, 0.2) is 30.3 Å². The minimum Gasteiger partial charge on any atom is -0.444 e. The molecule has 2 rings (SSSR count). The summed E-state index contributed by atoms with van der Waals surface area (Å²) in [7, 11) is 0. The second-order valence-corrected chi connectivity index (χ2v) is 6.30. The number of carbonyl (C=O) groups excluding carboxylic acids is 1. The molecule has 1 aliphatic rings. The Balaban J connectivity index is 1.71. The number of nitrogens with one attached hydrogen (secondary N) is 2. The molecule has 1 aromatic carbocycles. The Bertz CT molecular complexity index is 447. The zero-order valence-corrected chi connectivity index (χ0v) is 12.5. The van der Waals surface area contributed by atoms with E-state index in [0.29, 0.717) is 6.54 Å². The van der Waals surface area contributed by atoms with Gasteiger partial charge in [0, 0.05) is 18.6 Å². The summed E-state index contributed by atoms with van der Waals surface area (Å²) in [5, 5.41) is 6.30. The van der Waals surface area contributed by atoms with Crippen molar-refractivity contribution in [1.29, 1.82) is 0 Å². The van der Waals surface area contributed by atoms with E-state index in [1.54, 1.807) is 0 Å². The molecule has 0 spiro atoms. The van der Waals surface area contributed by atoms with E-state index in [1.165, 1.54) is 5.56 Å². The topological polar surface area (TPSA) is 50.4 Å². The fourth-order valence-electron chi connectivity index (χ4n) is 2.23. The molecule has 0 radical (unpaired) electrons. The van der Waals surface area contributed by atoms with Crippen molar-refractivity contribution in [3.05, 3.63) is 35.9 Å². The van der Waals surface area contributed by atoms with Gasteiger partial charge in [0.25, 0.3) is 0 Å². The number of hydrogen-bond donors (Lipinski definition) is 2. The van der Waals surface area contributed by atoms with Crippen molar-refractivity contribution >= 4 is 6.09 Å². The van der Waals surface area contributed by atoms with E-state index in [4.69, 9.17) is 4.74 Å². The van der Waals surface area contributed by atoms with Gasteiger partial charge in [0.15, 0.2) is 0 Å². The average Bonchev–Trinajstić information content (AvgIpc) is 3.15. The Morgan fingerprint density at radius 1 is 1.20 bits per heavy atom. The molecular formula is C16H24N2O2.